The fraction of sp³-hybridized carbons (Fsp3) is 0.303. The van der Waals surface area contributed by atoms with E-state index in [1.807, 2.05) is 13.0 Å². The van der Waals surface area contributed by atoms with E-state index >= 15 is 4.39 Å². The van der Waals surface area contributed by atoms with Crippen molar-refractivity contribution in [2.45, 2.75) is 52.6 Å². The van der Waals surface area contributed by atoms with Gasteiger partial charge in [-0.1, -0.05) is 24.3 Å². The molecule has 4 N–H and O–H groups in total. The van der Waals surface area contributed by atoms with Crippen molar-refractivity contribution < 1.29 is 14.3 Å². The van der Waals surface area contributed by atoms with E-state index in [0.717, 1.165) is 27.5 Å². The Hall–Kier alpha value is -4.50. The van der Waals surface area contributed by atoms with E-state index in [9.17, 15) is 19.5 Å². The van der Waals surface area contributed by atoms with Gasteiger partial charge >= 0.3 is 5.69 Å². The van der Waals surface area contributed by atoms with Gasteiger partial charge in [-0.15, -0.1) is 0 Å². The topological polar surface area (TPSA) is 123 Å². The molecule has 0 saturated heterocycles. The summed E-state index contributed by atoms with van der Waals surface area (Å²) in [5, 5.41) is 11.6. The zero-order valence-electron chi connectivity index (χ0n) is 24.3. The van der Waals surface area contributed by atoms with Gasteiger partial charge in [-0.2, -0.15) is 0 Å². The average Bonchev–Trinajstić information content (AvgIpc) is 3.30. The Kier molecular flexibility index (Phi) is 6.27. The lowest BCUT2D eigenvalue weighted by Crippen LogP contribution is -2.38. The molecule has 1 atom stereocenters. The number of nitrogens with one attached hydrogen (secondary N) is 1. The average molecular weight is 569 g/mol. The Bertz CT molecular complexity index is 2080. The van der Waals surface area contributed by atoms with Crippen LogP contribution < -0.4 is 17.0 Å². The van der Waals surface area contributed by atoms with Crippen LogP contribution in [0.4, 0.5) is 4.39 Å². The van der Waals surface area contributed by atoms with Gasteiger partial charge in [0.1, 0.15) is 5.82 Å². The second-order valence-corrected chi connectivity index (χ2v) is 12.0. The summed E-state index contributed by atoms with van der Waals surface area (Å²) in [6.07, 6.45) is 1.79. The molecule has 0 fully saturated rings. The number of aliphatic hydroxyl groups is 1. The highest BCUT2D eigenvalue weighted by Crippen LogP contribution is 2.43. The minimum atomic E-state index is -0.904. The van der Waals surface area contributed by atoms with Crippen LogP contribution in [-0.4, -0.2) is 30.7 Å². The standard InChI is InChI=1S/C33H33FN4O4/c1-16-8-6-10-21-29(16)37(5)32(41)38(31(21)40)25-11-7-9-19(17(25)2)26-23(34)15-22(30(35)39)28-27(26)20-13-12-18(33(3,4)42)14-24(20)36-28/h6-11,15,18,36,42H,12-14H2,1-5H3,(H2,35,39)/t18-/m0/s1. The third-order valence-corrected chi connectivity index (χ3v) is 8.98. The number of amides is 1. The number of H-pyrrole nitrogens is 1. The van der Waals surface area contributed by atoms with E-state index in [1.165, 1.54) is 4.57 Å². The SMILES string of the molecule is Cc1c(-c2c(F)cc(C(N)=O)c3[nH]c4c(c23)CC[C@H](C(C)(C)O)C4)cccc1-n1c(=O)c2cccc(C)c2n(C)c1=O. The minimum Gasteiger partial charge on any atom is -0.390 e. The molecule has 2 heterocycles. The summed E-state index contributed by atoms with van der Waals surface area (Å²) >= 11 is 0. The summed E-state index contributed by atoms with van der Waals surface area (Å²) in [4.78, 5) is 43.1. The van der Waals surface area contributed by atoms with Gasteiger partial charge in [-0.3, -0.25) is 14.2 Å². The second-order valence-electron chi connectivity index (χ2n) is 12.0. The summed E-state index contributed by atoms with van der Waals surface area (Å²) in [6, 6.07) is 11.6. The predicted molar refractivity (Wildman–Crippen MR) is 162 cm³/mol. The Morgan fingerprint density at radius 3 is 2.55 bits per heavy atom. The van der Waals surface area contributed by atoms with Crippen LogP contribution in [0.1, 0.15) is 53.0 Å². The van der Waals surface area contributed by atoms with Crippen LogP contribution in [0.25, 0.3) is 38.6 Å². The molecule has 216 valence electrons. The number of rotatable bonds is 4. The third kappa shape index (κ3) is 4.02. The van der Waals surface area contributed by atoms with Gasteiger partial charge in [0.05, 0.1) is 33.3 Å². The molecule has 1 aliphatic carbocycles. The first kappa shape index (κ1) is 27.7. The number of aromatic amines is 1. The van der Waals surface area contributed by atoms with E-state index in [-0.39, 0.29) is 17.0 Å². The van der Waals surface area contributed by atoms with Crippen molar-refractivity contribution in [3.05, 3.63) is 97.1 Å². The normalized spacial score (nSPS) is 15.4. The lowest BCUT2D eigenvalue weighted by Gasteiger charge is -2.32. The van der Waals surface area contributed by atoms with Crippen LogP contribution in [0.5, 0.6) is 0 Å². The molecule has 0 unspecified atom stereocenters. The number of primary amides is 1. The fourth-order valence-corrected chi connectivity index (χ4v) is 6.72. The van der Waals surface area contributed by atoms with Crippen LogP contribution >= 0.6 is 0 Å². The first-order valence-electron chi connectivity index (χ1n) is 14.0. The predicted octanol–water partition coefficient (Wildman–Crippen LogP) is 4.57. The fourth-order valence-electron chi connectivity index (χ4n) is 6.72. The van der Waals surface area contributed by atoms with Gasteiger partial charge in [-0.05, 0) is 93.3 Å². The molecule has 0 bridgehead atoms. The van der Waals surface area contributed by atoms with Gasteiger partial charge in [0.2, 0.25) is 0 Å². The molecule has 6 rings (SSSR count). The molecule has 9 heteroatoms. The third-order valence-electron chi connectivity index (χ3n) is 8.98. The summed E-state index contributed by atoms with van der Waals surface area (Å²) in [5.74, 6) is -1.40. The second kappa shape index (κ2) is 9.52. The number of halogens is 1. The first-order valence-corrected chi connectivity index (χ1v) is 14.0. The van der Waals surface area contributed by atoms with E-state index < -0.39 is 28.6 Å². The molecule has 2 aromatic heterocycles. The number of hydrogen-bond acceptors (Lipinski definition) is 4. The number of nitrogens with zero attached hydrogens (tertiary/aromatic N) is 2. The number of para-hydroxylation sites is 1. The van der Waals surface area contributed by atoms with Crippen molar-refractivity contribution >= 4 is 27.7 Å². The van der Waals surface area contributed by atoms with Crippen molar-refractivity contribution in [1.29, 1.82) is 0 Å². The minimum absolute atomic E-state index is 0.0203. The van der Waals surface area contributed by atoms with Crippen LogP contribution in [0.3, 0.4) is 0 Å². The quantitative estimate of drug-likeness (QED) is 0.294. The molecule has 1 aliphatic rings. The Morgan fingerprint density at radius 2 is 1.86 bits per heavy atom. The summed E-state index contributed by atoms with van der Waals surface area (Å²) in [6.45, 7) is 7.16. The number of fused-ring (bicyclic) bond motifs is 4. The summed E-state index contributed by atoms with van der Waals surface area (Å²) in [7, 11) is 1.63. The zero-order chi connectivity index (χ0) is 30.2. The van der Waals surface area contributed by atoms with Crippen LogP contribution in [0.15, 0.2) is 52.1 Å². The van der Waals surface area contributed by atoms with E-state index in [1.54, 1.807) is 58.2 Å². The van der Waals surface area contributed by atoms with Gasteiger partial charge < -0.3 is 15.8 Å². The highest BCUT2D eigenvalue weighted by molar-refractivity contribution is 6.11. The number of aromatic nitrogens is 3. The van der Waals surface area contributed by atoms with Crippen molar-refractivity contribution in [1.82, 2.24) is 14.1 Å². The van der Waals surface area contributed by atoms with Gasteiger partial charge in [-0.25, -0.2) is 13.8 Å². The van der Waals surface area contributed by atoms with Gasteiger partial charge in [0.15, 0.2) is 0 Å². The number of nitrogens with two attached hydrogens (primary N) is 1. The molecule has 0 saturated carbocycles. The molecule has 8 nitrogen and oxygen atoms in total. The van der Waals surface area contributed by atoms with Crippen LogP contribution in [-0.2, 0) is 19.9 Å². The van der Waals surface area contributed by atoms with Crippen LogP contribution in [0.2, 0.25) is 0 Å². The first-order chi connectivity index (χ1) is 19.8. The van der Waals surface area contributed by atoms with E-state index in [2.05, 4.69) is 4.98 Å². The smallest absolute Gasteiger partial charge is 0.335 e. The number of carbonyl (C=O) groups excluding carboxylic acids is 1. The molecule has 3 aromatic carbocycles. The highest BCUT2D eigenvalue weighted by Gasteiger charge is 2.34. The molecule has 0 spiro atoms. The highest BCUT2D eigenvalue weighted by atomic mass is 19.1. The maximum atomic E-state index is 16.1. The molecule has 5 aromatic rings. The summed E-state index contributed by atoms with van der Waals surface area (Å²) < 4.78 is 18.7. The van der Waals surface area contributed by atoms with Crippen molar-refractivity contribution in [3.8, 4) is 16.8 Å². The lowest BCUT2D eigenvalue weighted by molar-refractivity contribution is 0.0107. The Balaban J connectivity index is 1.65. The van der Waals surface area contributed by atoms with Crippen molar-refractivity contribution in [2.24, 2.45) is 18.7 Å². The molecule has 1 amide bonds. The van der Waals surface area contributed by atoms with Crippen molar-refractivity contribution in [3.63, 3.8) is 0 Å². The molecular formula is C33H33FN4O4. The number of benzene rings is 3. The molecule has 0 radical (unpaired) electrons. The van der Waals surface area contributed by atoms with Gasteiger partial charge in [0.25, 0.3) is 11.5 Å². The molecular weight excluding hydrogens is 535 g/mol. The van der Waals surface area contributed by atoms with E-state index in [0.29, 0.717) is 57.9 Å². The van der Waals surface area contributed by atoms with Crippen molar-refractivity contribution in [2.75, 3.05) is 0 Å². The lowest BCUT2D eigenvalue weighted by atomic mass is 9.77. The van der Waals surface area contributed by atoms with Gasteiger partial charge in [0, 0.05) is 23.7 Å². The monoisotopic (exact) mass is 568 g/mol. The number of hydrogen-bond donors (Lipinski definition) is 3. The maximum absolute atomic E-state index is 16.1. The largest absolute Gasteiger partial charge is 0.390 e. The number of carbonyl (C=O) groups is 1. The number of aryl methyl sites for hydroxylation is 3. The van der Waals surface area contributed by atoms with E-state index in [4.69, 9.17) is 5.73 Å². The molecule has 0 aliphatic heterocycles. The van der Waals surface area contributed by atoms with Crippen LogP contribution in [0, 0.1) is 25.6 Å². The maximum Gasteiger partial charge on any atom is 0.335 e. The molecule has 42 heavy (non-hydrogen) atoms. The summed E-state index contributed by atoms with van der Waals surface area (Å²) in [5.41, 5.74) is 9.05. The Labute approximate surface area is 241 Å². The zero-order valence-corrected chi connectivity index (χ0v) is 24.3. The Morgan fingerprint density at radius 1 is 1.14 bits per heavy atom.